The number of fused-ring (bicyclic) bond motifs is 1. The number of anilines is 1. The minimum absolute atomic E-state index is 0.355. The lowest BCUT2D eigenvalue weighted by atomic mass is 10.1. The van der Waals surface area contributed by atoms with E-state index in [1.165, 1.54) is 17.2 Å². The topological polar surface area (TPSA) is 172 Å². The van der Waals surface area contributed by atoms with Crippen LogP contribution in [0, 0.1) is 0 Å². The highest BCUT2D eigenvalue weighted by atomic mass is 31.2. The van der Waals surface area contributed by atoms with Crippen LogP contribution < -0.4 is 5.32 Å². The molecule has 0 bridgehead atoms. The molecule has 4 rings (SSSR count). The molecule has 0 unspecified atom stereocenters. The standard InChI is InChI=1S/C17H20N5O7P/c23-13-11(7-28-30(25,26)27)29-17(14(13)24)22-9-21-12-15(19-8-20-16(12)22)18-6-10-4-2-1-3-5-10/h1-5,8-9,11,13-14,17,23-24H,6-7H2,(H,18,19,20)(H2,25,26,27)/t11-,13-,14-,17+/m1/s1. The van der Waals surface area contributed by atoms with Crippen molar-refractivity contribution in [2.75, 3.05) is 11.9 Å². The van der Waals surface area contributed by atoms with Crippen molar-refractivity contribution in [3.05, 3.63) is 48.5 Å². The van der Waals surface area contributed by atoms with Crippen molar-refractivity contribution >= 4 is 24.8 Å². The van der Waals surface area contributed by atoms with Crippen molar-refractivity contribution in [2.24, 2.45) is 0 Å². The van der Waals surface area contributed by atoms with E-state index >= 15 is 0 Å². The number of aliphatic hydroxyl groups is 2. The van der Waals surface area contributed by atoms with Crippen LogP contribution in [0.15, 0.2) is 43.0 Å². The van der Waals surface area contributed by atoms with E-state index in [2.05, 4.69) is 24.8 Å². The Morgan fingerprint density at radius 3 is 2.63 bits per heavy atom. The molecule has 4 atom stereocenters. The zero-order chi connectivity index (χ0) is 21.3. The molecule has 0 amide bonds. The lowest BCUT2D eigenvalue weighted by Crippen LogP contribution is -2.33. The Morgan fingerprint density at radius 1 is 1.13 bits per heavy atom. The maximum atomic E-state index is 10.9. The third kappa shape index (κ3) is 4.35. The lowest BCUT2D eigenvalue weighted by Gasteiger charge is -2.16. The van der Waals surface area contributed by atoms with Gasteiger partial charge in [-0.3, -0.25) is 9.09 Å². The smallest absolute Gasteiger partial charge is 0.387 e. The van der Waals surface area contributed by atoms with Crippen molar-refractivity contribution in [1.82, 2.24) is 19.5 Å². The molecule has 5 N–H and O–H groups in total. The first kappa shape index (κ1) is 20.8. The number of imidazole rings is 1. The molecule has 0 spiro atoms. The predicted molar refractivity (Wildman–Crippen MR) is 103 cm³/mol. The van der Waals surface area contributed by atoms with Gasteiger partial charge in [0.25, 0.3) is 0 Å². The fourth-order valence-electron chi connectivity index (χ4n) is 3.22. The maximum Gasteiger partial charge on any atom is 0.469 e. The van der Waals surface area contributed by atoms with Crippen LogP contribution in [0.25, 0.3) is 11.2 Å². The van der Waals surface area contributed by atoms with E-state index < -0.39 is 39.0 Å². The van der Waals surface area contributed by atoms with Gasteiger partial charge < -0.3 is 30.1 Å². The van der Waals surface area contributed by atoms with Gasteiger partial charge in [0.1, 0.15) is 24.6 Å². The lowest BCUT2D eigenvalue weighted by molar-refractivity contribution is -0.0504. The van der Waals surface area contributed by atoms with E-state index in [0.717, 1.165) is 5.56 Å². The van der Waals surface area contributed by atoms with E-state index in [4.69, 9.17) is 14.5 Å². The quantitative estimate of drug-likeness (QED) is 0.319. The third-order valence-electron chi connectivity index (χ3n) is 4.68. The average molecular weight is 437 g/mol. The molecule has 3 aromatic rings. The number of hydrogen-bond acceptors (Lipinski definition) is 9. The molecular weight excluding hydrogens is 417 g/mol. The summed E-state index contributed by atoms with van der Waals surface area (Å²) >= 11 is 0. The maximum absolute atomic E-state index is 10.9. The summed E-state index contributed by atoms with van der Waals surface area (Å²) in [7, 11) is -4.74. The summed E-state index contributed by atoms with van der Waals surface area (Å²) in [6.45, 7) is -0.0760. The summed E-state index contributed by atoms with van der Waals surface area (Å²) in [6, 6.07) is 9.71. The molecule has 1 aromatic carbocycles. The first-order valence-electron chi connectivity index (χ1n) is 9.00. The van der Waals surface area contributed by atoms with Crippen LogP contribution in [0.1, 0.15) is 11.8 Å². The van der Waals surface area contributed by atoms with Gasteiger partial charge in [-0.05, 0) is 5.56 Å². The van der Waals surface area contributed by atoms with Gasteiger partial charge in [-0.2, -0.15) is 0 Å². The van der Waals surface area contributed by atoms with Crippen LogP contribution in [0.5, 0.6) is 0 Å². The minimum Gasteiger partial charge on any atom is -0.387 e. The Bertz CT molecular complexity index is 1060. The van der Waals surface area contributed by atoms with Gasteiger partial charge in [0.15, 0.2) is 23.2 Å². The predicted octanol–water partition coefficient (Wildman–Crippen LogP) is 0.167. The van der Waals surface area contributed by atoms with Gasteiger partial charge in [0, 0.05) is 6.54 Å². The number of aliphatic hydroxyl groups excluding tert-OH is 2. The molecule has 12 nitrogen and oxygen atoms in total. The molecule has 0 saturated carbocycles. The minimum atomic E-state index is -4.74. The molecule has 160 valence electrons. The van der Waals surface area contributed by atoms with E-state index in [1.54, 1.807) is 0 Å². The van der Waals surface area contributed by atoms with E-state index in [9.17, 15) is 14.8 Å². The highest BCUT2D eigenvalue weighted by Crippen LogP contribution is 2.38. The molecule has 3 heterocycles. The van der Waals surface area contributed by atoms with Crippen molar-refractivity contribution in [1.29, 1.82) is 0 Å². The average Bonchev–Trinajstić information content (AvgIpc) is 3.27. The summed E-state index contributed by atoms with van der Waals surface area (Å²) in [4.78, 5) is 30.4. The molecule has 0 aliphatic carbocycles. The molecule has 1 saturated heterocycles. The first-order valence-corrected chi connectivity index (χ1v) is 10.5. The Kier molecular flexibility index (Phi) is 5.80. The Hall–Kier alpha value is -2.44. The summed E-state index contributed by atoms with van der Waals surface area (Å²) in [6.07, 6.45) is -2.31. The molecule has 1 aliphatic rings. The number of nitrogens with one attached hydrogen (secondary N) is 1. The van der Waals surface area contributed by atoms with Gasteiger partial charge in [-0.1, -0.05) is 30.3 Å². The second-order valence-electron chi connectivity index (χ2n) is 6.72. The molecular formula is C17H20N5O7P. The zero-order valence-corrected chi connectivity index (χ0v) is 16.4. The van der Waals surface area contributed by atoms with Gasteiger partial charge in [-0.15, -0.1) is 0 Å². The largest absolute Gasteiger partial charge is 0.469 e. The Balaban J connectivity index is 1.54. The fourth-order valence-corrected chi connectivity index (χ4v) is 3.56. The van der Waals surface area contributed by atoms with Crippen molar-refractivity contribution in [3.8, 4) is 0 Å². The van der Waals surface area contributed by atoms with Crippen LogP contribution in [0.3, 0.4) is 0 Å². The van der Waals surface area contributed by atoms with Gasteiger partial charge >= 0.3 is 7.82 Å². The number of ether oxygens (including phenoxy) is 1. The number of rotatable bonds is 7. The summed E-state index contributed by atoms with van der Waals surface area (Å²) in [5.41, 5.74) is 1.84. The van der Waals surface area contributed by atoms with Gasteiger partial charge in [0.2, 0.25) is 0 Å². The van der Waals surface area contributed by atoms with Gasteiger partial charge in [0.05, 0.1) is 12.9 Å². The molecule has 1 aliphatic heterocycles. The normalized spacial score (nSPS) is 24.4. The number of phosphoric acid groups is 1. The van der Waals surface area contributed by atoms with E-state index in [0.29, 0.717) is 23.5 Å². The number of phosphoric ester groups is 1. The first-order chi connectivity index (χ1) is 14.3. The van der Waals surface area contributed by atoms with Crippen molar-refractivity contribution < 1.29 is 33.8 Å². The molecule has 2 aromatic heterocycles. The zero-order valence-electron chi connectivity index (χ0n) is 15.5. The Labute approximate surface area is 170 Å². The number of benzene rings is 1. The SMILES string of the molecule is O=P(O)(O)OC[C@H]1O[C@H](n2cnc3c(NCc4ccccc4)ncnc32)[C@H](O)[C@@H]1O. The summed E-state index contributed by atoms with van der Waals surface area (Å²) < 4.78 is 22.3. The van der Waals surface area contributed by atoms with Crippen LogP contribution in [-0.4, -0.2) is 64.4 Å². The van der Waals surface area contributed by atoms with Gasteiger partial charge in [-0.25, -0.2) is 19.5 Å². The van der Waals surface area contributed by atoms with Crippen LogP contribution >= 0.6 is 7.82 Å². The highest BCUT2D eigenvalue weighted by molar-refractivity contribution is 7.46. The van der Waals surface area contributed by atoms with Crippen molar-refractivity contribution in [3.63, 3.8) is 0 Å². The summed E-state index contributed by atoms with van der Waals surface area (Å²) in [5, 5.41) is 23.7. The van der Waals surface area contributed by atoms with Crippen LogP contribution in [-0.2, 0) is 20.4 Å². The fraction of sp³-hybridized carbons (Fsp3) is 0.353. The number of aromatic nitrogens is 4. The second kappa shape index (κ2) is 8.36. The molecule has 0 radical (unpaired) electrons. The molecule has 30 heavy (non-hydrogen) atoms. The summed E-state index contributed by atoms with van der Waals surface area (Å²) in [5.74, 6) is 0.483. The molecule has 13 heteroatoms. The molecule has 1 fully saturated rings. The van der Waals surface area contributed by atoms with E-state index in [1.807, 2.05) is 30.3 Å². The second-order valence-corrected chi connectivity index (χ2v) is 7.96. The van der Waals surface area contributed by atoms with Crippen LogP contribution in [0.2, 0.25) is 0 Å². The Morgan fingerprint density at radius 2 is 1.90 bits per heavy atom. The number of nitrogens with zero attached hydrogens (tertiary/aromatic N) is 4. The third-order valence-corrected chi connectivity index (χ3v) is 5.17. The number of hydrogen-bond donors (Lipinski definition) is 5. The van der Waals surface area contributed by atoms with E-state index in [-0.39, 0.29) is 0 Å². The van der Waals surface area contributed by atoms with Crippen molar-refractivity contribution in [2.45, 2.75) is 31.1 Å². The monoisotopic (exact) mass is 437 g/mol. The van der Waals surface area contributed by atoms with Crippen LogP contribution in [0.4, 0.5) is 5.82 Å². The highest BCUT2D eigenvalue weighted by Gasteiger charge is 2.45.